The Bertz CT molecular complexity index is 1040. The van der Waals surface area contributed by atoms with E-state index in [-0.39, 0.29) is 11.3 Å². The average Bonchev–Trinajstić information content (AvgIpc) is 2.71. The van der Waals surface area contributed by atoms with Crippen molar-refractivity contribution in [3.63, 3.8) is 0 Å². The summed E-state index contributed by atoms with van der Waals surface area (Å²) in [5.41, 5.74) is 3.82. The predicted molar refractivity (Wildman–Crippen MR) is 104 cm³/mol. The maximum absolute atomic E-state index is 11.9. The largest absolute Gasteiger partial charge is 0.507 e. The van der Waals surface area contributed by atoms with Gasteiger partial charge < -0.3 is 9.94 Å². The van der Waals surface area contributed by atoms with E-state index in [0.717, 1.165) is 0 Å². The molecule has 0 unspecified atom stereocenters. The topological polar surface area (TPSA) is 100 Å². The van der Waals surface area contributed by atoms with Gasteiger partial charge in [-0.25, -0.2) is 10.3 Å². The molecule has 0 saturated heterocycles. The number of aromatic hydroxyl groups is 1. The number of phenolic OH excluding ortho intramolecular Hbond substituents is 1. The number of rotatable bonds is 5. The molecular weight excluding hydrogens is 382 g/mol. The van der Waals surface area contributed by atoms with E-state index >= 15 is 0 Å². The van der Waals surface area contributed by atoms with Crippen LogP contribution in [-0.4, -0.2) is 17.0 Å². The van der Waals surface area contributed by atoms with Gasteiger partial charge in [0.15, 0.2) is 0 Å². The molecule has 0 bridgehead atoms. The molecule has 0 spiro atoms. The van der Waals surface area contributed by atoms with Crippen molar-refractivity contribution in [2.75, 3.05) is 5.48 Å². The van der Waals surface area contributed by atoms with Gasteiger partial charge in [-0.1, -0.05) is 29.8 Å². The first kappa shape index (κ1) is 19.1. The molecule has 0 atom stereocenters. The SMILES string of the molecule is O=C(ONc1ccc(N=NC(=O)c2ccccc2O)cc1)c1cccc(Cl)c1. The van der Waals surface area contributed by atoms with Crippen LogP contribution in [0.1, 0.15) is 20.7 Å². The third kappa shape index (κ3) is 4.93. The Hall–Kier alpha value is -3.71. The molecule has 2 N–H and O–H groups in total. The third-order valence-corrected chi connectivity index (χ3v) is 3.82. The molecular formula is C20H14ClN3O4. The first-order valence-electron chi connectivity index (χ1n) is 8.10. The molecule has 28 heavy (non-hydrogen) atoms. The van der Waals surface area contributed by atoms with Crippen LogP contribution >= 0.6 is 11.6 Å². The van der Waals surface area contributed by atoms with Gasteiger partial charge in [0.2, 0.25) is 0 Å². The number of para-hydroxylation sites is 1. The molecule has 0 fully saturated rings. The average molecular weight is 396 g/mol. The number of nitrogens with zero attached hydrogens (tertiary/aromatic N) is 2. The second-order valence-corrected chi connectivity index (χ2v) is 6.01. The van der Waals surface area contributed by atoms with Gasteiger partial charge in [-0.05, 0) is 54.6 Å². The highest BCUT2D eigenvalue weighted by molar-refractivity contribution is 6.30. The quantitative estimate of drug-likeness (QED) is 0.459. The summed E-state index contributed by atoms with van der Waals surface area (Å²) in [7, 11) is 0. The van der Waals surface area contributed by atoms with Gasteiger partial charge in [-0.2, -0.15) is 0 Å². The molecule has 3 rings (SSSR count). The first-order chi connectivity index (χ1) is 13.5. The van der Waals surface area contributed by atoms with Crippen molar-refractivity contribution in [1.29, 1.82) is 0 Å². The van der Waals surface area contributed by atoms with Crippen molar-refractivity contribution in [2.24, 2.45) is 10.2 Å². The lowest BCUT2D eigenvalue weighted by Gasteiger charge is -2.07. The molecule has 0 radical (unpaired) electrons. The minimum Gasteiger partial charge on any atom is -0.507 e. The van der Waals surface area contributed by atoms with E-state index in [1.54, 1.807) is 54.6 Å². The summed E-state index contributed by atoms with van der Waals surface area (Å²) in [6.45, 7) is 0. The summed E-state index contributed by atoms with van der Waals surface area (Å²) in [5.74, 6) is -1.40. The summed E-state index contributed by atoms with van der Waals surface area (Å²) in [5, 5.41) is 17.5. The summed E-state index contributed by atoms with van der Waals surface area (Å²) in [6.07, 6.45) is 0. The standard InChI is InChI=1S/C20H14ClN3O4/c21-14-5-3-4-13(12-14)20(27)28-24-16-10-8-15(9-11-16)22-23-19(26)17-6-1-2-7-18(17)25/h1-12,24-25H. The van der Waals surface area contributed by atoms with E-state index < -0.39 is 11.9 Å². The van der Waals surface area contributed by atoms with Crippen molar-refractivity contribution in [3.05, 3.63) is 88.9 Å². The Kier molecular flexibility index (Phi) is 5.98. The van der Waals surface area contributed by atoms with Crippen LogP contribution in [0.4, 0.5) is 11.4 Å². The van der Waals surface area contributed by atoms with Gasteiger partial charge in [0.1, 0.15) is 5.75 Å². The van der Waals surface area contributed by atoms with Crippen LogP contribution in [0.15, 0.2) is 83.0 Å². The van der Waals surface area contributed by atoms with Gasteiger partial charge in [0, 0.05) is 5.02 Å². The Balaban J connectivity index is 1.58. The number of anilines is 1. The Morgan fingerprint density at radius 3 is 2.43 bits per heavy atom. The second kappa shape index (κ2) is 8.79. The zero-order valence-electron chi connectivity index (χ0n) is 14.4. The molecule has 3 aromatic carbocycles. The smallest absolute Gasteiger partial charge is 0.362 e. The molecule has 0 aliphatic rings. The molecule has 0 aliphatic heterocycles. The molecule has 0 saturated carbocycles. The Morgan fingerprint density at radius 1 is 0.964 bits per heavy atom. The normalized spacial score (nSPS) is 10.6. The number of phenols is 1. The summed E-state index contributed by atoms with van der Waals surface area (Å²) >= 11 is 5.84. The van der Waals surface area contributed by atoms with E-state index in [1.165, 1.54) is 18.2 Å². The van der Waals surface area contributed by atoms with Crippen LogP contribution in [-0.2, 0) is 4.84 Å². The molecule has 3 aromatic rings. The number of halogens is 1. The number of nitrogens with one attached hydrogen (secondary N) is 1. The summed E-state index contributed by atoms with van der Waals surface area (Å²) in [6, 6.07) is 18.8. The van der Waals surface area contributed by atoms with E-state index in [4.69, 9.17) is 16.4 Å². The molecule has 0 heterocycles. The zero-order chi connectivity index (χ0) is 19.9. The fourth-order valence-corrected chi connectivity index (χ4v) is 2.38. The molecule has 8 heteroatoms. The zero-order valence-corrected chi connectivity index (χ0v) is 15.1. The number of carbonyl (C=O) groups excluding carboxylic acids is 2. The maximum atomic E-state index is 11.9. The van der Waals surface area contributed by atoms with Crippen molar-refractivity contribution in [2.45, 2.75) is 0 Å². The van der Waals surface area contributed by atoms with Crippen LogP contribution in [0.3, 0.4) is 0 Å². The number of hydrogen-bond acceptors (Lipinski definition) is 6. The van der Waals surface area contributed by atoms with Crippen LogP contribution < -0.4 is 5.48 Å². The number of azo groups is 1. The highest BCUT2D eigenvalue weighted by atomic mass is 35.5. The molecule has 1 amide bonds. The van der Waals surface area contributed by atoms with Crippen molar-refractivity contribution < 1.29 is 19.5 Å². The van der Waals surface area contributed by atoms with Gasteiger partial charge in [0.05, 0.1) is 22.5 Å². The van der Waals surface area contributed by atoms with E-state index in [9.17, 15) is 14.7 Å². The highest BCUT2D eigenvalue weighted by Gasteiger charge is 2.09. The van der Waals surface area contributed by atoms with E-state index in [2.05, 4.69) is 15.7 Å². The molecule has 140 valence electrons. The van der Waals surface area contributed by atoms with Crippen LogP contribution in [0.2, 0.25) is 5.02 Å². The lowest BCUT2D eigenvalue weighted by Crippen LogP contribution is -2.10. The maximum Gasteiger partial charge on any atom is 0.362 e. The second-order valence-electron chi connectivity index (χ2n) is 5.57. The highest BCUT2D eigenvalue weighted by Crippen LogP contribution is 2.20. The van der Waals surface area contributed by atoms with Crippen LogP contribution in [0.25, 0.3) is 0 Å². The fourth-order valence-electron chi connectivity index (χ4n) is 2.19. The number of hydrogen-bond donors (Lipinski definition) is 2. The third-order valence-electron chi connectivity index (χ3n) is 3.58. The number of benzene rings is 3. The van der Waals surface area contributed by atoms with Gasteiger partial charge in [-0.3, -0.25) is 4.79 Å². The Morgan fingerprint density at radius 2 is 1.71 bits per heavy atom. The van der Waals surface area contributed by atoms with Crippen molar-refractivity contribution in [1.82, 2.24) is 0 Å². The predicted octanol–water partition coefficient (Wildman–Crippen LogP) is 5.15. The van der Waals surface area contributed by atoms with E-state index in [1.807, 2.05) is 0 Å². The lowest BCUT2D eigenvalue weighted by atomic mass is 10.2. The van der Waals surface area contributed by atoms with E-state index in [0.29, 0.717) is 22.0 Å². The molecule has 0 aliphatic carbocycles. The first-order valence-corrected chi connectivity index (χ1v) is 8.47. The van der Waals surface area contributed by atoms with Crippen molar-refractivity contribution in [3.8, 4) is 5.75 Å². The Labute approximate surface area is 165 Å². The van der Waals surface area contributed by atoms with Crippen LogP contribution in [0, 0.1) is 0 Å². The van der Waals surface area contributed by atoms with Gasteiger partial charge in [0.25, 0.3) is 5.91 Å². The van der Waals surface area contributed by atoms with Crippen molar-refractivity contribution >= 4 is 34.9 Å². The fraction of sp³-hybridized carbons (Fsp3) is 0. The minimum atomic E-state index is -0.657. The monoisotopic (exact) mass is 395 g/mol. The number of carbonyl (C=O) groups is 2. The minimum absolute atomic E-state index is 0.0671. The molecule has 0 aromatic heterocycles. The van der Waals surface area contributed by atoms with Crippen LogP contribution in [0.5, 0.6) is 5.75 Å². The number of amides is 1. The molecule has 7 nitrogen and oxygen atoms in total. The lowest BCUT2D eigenvalue weighted by molar-refractivity contribution is 0.0596. The van der Waals surface area contributed by atoms with Gasteiger partial charge in [-0.15, -0.1) is 10.2 Å². The van der Waals surface area contributed by atoms with Gasteiger partial charge >= 0.3 is 5.97 Å². The summed E-state index contributed by atoms with van der Waals surface area (Å²) < 4.78 is 0. The summed E-state index contributed by atoms with van der Waals surface area (Å²) in [4.78, 5) is 28.9.